The Bertz CT molecular complexity index is 553. The molecule has 0 saturated carbocycles. The number of hydrogen-bond acceptors (Lipinski definition) is 1. The van der Waals surface area contributed by atoms with E-state index in [0.717, 1.165) is 16.7 Å². The third kappa shape index (κ3) is 2.14. The van der Waals surface area contributed by atoms with E-state index in [1.807, 2.05) is 42.5 Å². The van der Waals surface area contributed by atoms with E-state index in [0.29, 0.717) is 0 Å². The molecule has 0 heterocycles. The van der Waals surface area contributed by atoms with Gasteiger partial charge in [0.05, 0.1) is 0 Å². The summed E-state index contributed by atoms with van der Waals surface area (Å²) in [5.41, 5.74) is 5.38. The summed E-state index contributed by atoms with van der Waals surface area (Å²) in [4.78, 5) is 11.7. The molecule has 0 saturated heterocycles. The maximum absolute atomic E-state index is 11.7. The van der Waals surface area contributed by atoms with Crippen molar-refractivity contribution >= 4 is 5.78 Å². The minimum Gasteiger partial charge on any atom is -0.294 e. The van der Waals surface area contributed by atoms with E-state index < -0.39 is 0 Å². The Kier molecular flexibility index (Phi) is 3.10. The first-order valence-electron chi connectivity index (χ1n) is 5.78. The largest absolute Gasteiger partial charge is 0.294 e. The summed E-state index contributed by atoms with van der Waals surface area (Å²) in [5, 5.41) is 0. The molecule has 0 spiro atoms. The lowest BCUT2D eigenvalue weighted by atomic mass is 9.90. The molecule has 0 radical (unpaired) electrons. The number of carbonyl (C=O) groups excluding carboxylic acids is 1. The molecule has 2 aromatic rings. The first kappa shape index (κ1) is 11.6. The minimum absolute atomic E-state index is 0.118. The van der Waals surface area contributed by atoms with Crippen LogP contribution in [0, 0.1) is 13.8 Å². The highest BCUT2D eigenvalue weighted by Gasteiger charge is 2.12. The Balaban J connectivity index is 2.74. The molecule has 0 amide bonds. The molecule has 1 nitrogen and oxygen atoms in total. The minimum atomic E-state index is 0.118. The monoisotopic (exact) mass is 224 g/mol. The Morgan fingerprint density at radius 2 is 1.59 bits per heavy atom. The van der Waals surface area contributed by atoms with E-state index in [4.69, 9.17) is 0 Å². The zero-order valence-electron chi connectivity index (χ0n) is 10.4. The second-order valence-electron chi connectivity index (χ2n) is 4.35. The van der Waals surface area contributed by atoms with Crippen LogP contribution in [0.3, 0.4) is 0 Å². The van der Waals surface area contributed by atoms with Crippen LogP contribution in [-0.4, -0.2) is 5.78 Å². The fourth-order valence-corrected chi connectivity index (χ4v) is 2.09. The molecule has 86 valence electrons. The third-order valence-corrected chi connectivity index (χ3v) is 3.18. The molecular formula is C16H16O. The SMILES string of the molecule is CC(=O)c1ccc(C)c(C)c1-c1ccccc1. The standard InChI is InChI=1S/C16H16O/c1-11-9-10-15(13(3)17)16(12(11)2)14-7-5-4-6-8-14/h4-10H,1-3H3. The molecule has 0 N–H and O–H groups in total. The molecule has 2 aromatic carbocycles. The Morgan fingerprint density at radius 1 is 0.941 bits per heavy atom. The lowest BCUT2D eigenvalue weighted by molar-refractivity contribution is 0.101. The van der Waals surface area contributed by atoms with Gasteiger partial charge < -0.3 is 0 Å². The lowest BCUT2D eigenvalue weighted by Gasteiger charge is -2.13. The van der Waals surface area contributed by atoms with Gasteiger partial charge in [-0.25, -0.2) is 0 Å². The van der Waals surface area contributed by atoms with Crippen molar-refractivity contribution in [3.8, 4) is 11.1 Å². The second-order valence-corrected chi connectivity index (χ2v) is 4.35. The van der Waals surface area contributed by atoms with Crippen LogP contribution in [-0.2, 0) is 0 Å². The van der Waals surface area contributed by atoms with Crippen LogP contribution in [0.5, 0.6) is 0 Å². The molecule has 0 aliphatic heterocycles. The summed E-state index contributed by atoms with van der Waals surface area (Å²) >= 11 is 0. The predicted molar refractivity (Wildman–Crippen MR) is 71.4 cm³/mol. The average molecular weight is 224 g/mol. The van der Waals surface area contributed by atoms with Crippen molar-refractivity contribution in [2.75, 3.05) is 0 Å². The molecule has 0 fully saturated rings. The van der Waals surface area contributed by atoms with Gasteiger partial charge in [0.1, 0.15) is 0 Å². The van der Waals surface area contributed by atoms with E-state index in [1.54, 1.807) is 6.92 Å². The van der Waals surface area contributed by atoms with Gasteiger partial charge in [0, 0.05) is 5.56 Å². The lowest BCUT2D eigenvalue weighted by Crippen LogP contribution is -2.00. The summed E-state index contributed by atoms with van der Waals surface area (Å²) in [6.07, 6.45) is 0. The first-order valence-corrected chi connectivity index (χ1v) is 5.78. The Labute approximate surface area is 102 Å². The normalized spacial score (nSPS) is 10.3. The Hall–Kier alpha value is -1.89. The van der Waals surface area contributed by atoms with Gasteiger partial charge in [-0.05, 0) is 43.0 Å². The summed E-state index contributed by atoms with van der Waals surface area (Å²) in [6, 6.07) is 14.0. The van der Waals surface area contributed by atoms with Gasteiger partial charge in [0.2, 0.25) is 0 Å². The smallest absolute Gasteiger partial charge is 0.160 e. The number of benzene rings is 2. The van der Waals surface area contributed by atoms with Crippen LogP contribution in [0.25, 0.3) is 11.1 Å². The van der Waals surface area contributed by atoms with E-state index in [9.17, 15) is 4.79 Å². The molecule has 17 heavy (non-hydrogen) atoms. The fourth-order valence-electron chi connectivity index (χ4n) is 2.09. The molecule has 0 unspecified atom stereocenters. The van der Waals surface area contributed by atoms with E-state index in [2.05, 4.69) is 13.8 Å². The maximum Gasteiger partial charge on any atom is 0.160 e. The quantitative estimate of drug-likeness (QED) is 0.699. The third-order valence-electron chi connectivity index (χ3n) is 3.18. The highest BCUT2D eigenvalue weighted by atomic mass is 16.1. The second kappa shape index (κ2) is 4.54. The highest BCUT2D eigenvalue weighted by Crippen LogP contribution is 2.29. The molecule has 0 aromatic heterocycles. The molecule has 0 aliphatic carbocycles. The van der Waals surface area contributed by atoms with Crippen molar-refractivity contribution in [1.82, 2.24) is 0 Å². The Morgan fingerprint density at radius 3 is 2.18 bits per heavy atom. The number of hydrogen-bond donors (Lipinski definition) is 0. The highest BCUT2D eigenvalue weighted by molar-refractivity contribution is 6.01. The van der Waals surface area contributed by atoms with Crippen LogP contribution < -0.4 is 0 Å². The molecule has 0 bridgehead atoms. The van der Waals surface area contributed by atoms with E-state index in [1.165, 1.54) is 11.1 Å². The van der Waals surface area contributed by atoms with Gasteiger partial charge in [0.15, 0.2) is 5.78 Å². The van der Waals surface area contributed by atoms with Crippen LogP contribution >= 0.6 is 0 Å². The number of ketones is 1. The van der Waals surface area contributed by atoms with E-state index in [-0.39, 0.29) is 5.78 Å². The van der Waals surface area contributed by atoms with Crippen molar-refractivity contribution in [2.45, 2.75) is 20.8 Å². The molecule has 0 aliphatic rings. The number of Topliss-reactive ketones (excluding diaryl/α,β-unsaturated/α-hetero) is 1. The summed E-state index contributed by atoms with van der Waals surface area (Å²) < 4.78 is 0. The van der Waals surface area contributed by atoms with Crippen molar-refractivity contribution in [3.63, 3.8) is 0 Å². The van der Waals surface area contributed by atoms with Crippen molar-refractivity contribution in [3.05, 3.63) is 59.2 Å². The molecule has 2 rings (SSSR count). The maximum atomic E-state index is 11.7. The van der Waals surface area contributed by atoms with Crippen LogP contribution in [0.2, 0.25) is 0 Å². The van der Waals surface area contributed by atoms with Gasteiger partial charge in [0.25, 0.3) is 0 Å². The average Bonchev–Trinajstić information content (AvgIpc) is 2.33. The molecular weight excluding hydrogens is 208 g/mol. The number of carbonyl (C=O) groups is 1. The number of rotatable bonds is 2. The first-order chi connectivity index (χ1) is 8.11. The topological polar surface area (TPSA) is 17.1 Å². The van der Waals surface area contributed by atoms with Crippen molar-refractivity contribution < 1.29 is 4.79 Å². The summed E-state index contributed by atoms with van der Waals surface area (Å²) in [5.74, 6) is 0.118. The van der Waals surface area contributed by atoms with Gasteiger partial charge in [-0.15, -0.1) is 0 Å². The van der Waals surface area contributed by atoms with Crippen LogP contribution in [0.15, 0.2) is 42.5 Å². The number of aryl methyl sites for hydroxylation is 1. The zero-order chi connectivity index (χ0) is 12.4. The van der Waals surface area contributed by atoms with Gasteiger partial charge in [-0.2, -0.15) is 0 Å². The van der Waals surface area contributed by atoms with Gasteiger partial charge >= 0.3 is 0 Å². The van der Waals surface area contributed by atoms with Crippen molar-refractivity contribution in [2.24, 2.45) is 0 Å². The molecule has 0 atom stereocenters. The van der Waals surface area contributed by atoms with Crippen LogP contribution in [0.1, 0.15) is 28.4 Å². The fraction of sp³-hybridized carbons (Fsp3) is 0.188. The zero-order valence-corrected chi connectivity index (χ0v) is 10.4. The van der Waals surface area contributed by atoms with Crippen molar-refractivity contribution in [1.29, 1.82) is 0 Å². The molecule has 1 heteroatoms. The van der Waals surface area contributed by atoms with Gasteiger partial charge in [-0.3, -0.25) is 4.79 Å². The van der Waals surface area contributed by atoms with Gasteiger partial charge in [-0.1, -0.05) is 42.5 Å². The summed E-state index contributed by atoms with van der Waals surface area (Å²) in [7, 11) is 0. The summed E-state index contributed by atoms with van der Waals surface area (Å²) in [6.45, 7) is 5.77. The van der Waals surface area contributed by atoms with E-state index >= 15 is 0 Å². The predicted octanol–water partition coefficient (Wildman–Crippen LogP) is 4.17. The van der Waals surface area contributed by atoms with Crippen LogP contribution in [0.4, 0.5) is 0 Å².